The summed E-state index contributed by atoms with van der Waals surface area (Å²) in [5.74, 6) is 0.642. The molecular formula is C15H16ClNO3S. The molecule has 1 heterocycles. The molecule has 0 aliphatic heterocycles. The summed E-state index contributed by atoms with van der Waals surface area (Å²) in [7, 11) is 1.70. The number of rotatable bonds is 5. The summed E-state index contributed by atoms with van der Waals surface area (Å²) in [5.41, 5.74) is 2.31. The number of halogens is 1. The number of pyridine rings is 1. The molecule has 0 unspecified atom stereocenters. The first-order valence-corrected chi connectivity index (χ1v) is 8.76. The zero-order valence-electron chi connectivity index (χ0n) is 11.8. The Morgan fingerprint density at radius 1 is 1.14 bits per heavy atom. The summed E-state index contributed by atoms with van der Waals surface area (Å²) in [4.78, 5) is 4.12. The number of aryl methyl sites for hydroxylation is 2. The Labute approximate surface area is 129 Å². The smallest absolute Gasteiger partial charge is 0.261 e. The molecule has 0 radical (unpaired) electrons. The lowest BCUT2D eigenvalue weighted by molar-refractivity contribution is 0.321. The molecule has 1 aromatic carbocycles. The fourth-order valence-electron chi connectivity index (χ4n) is 2.21. The van der Waals surface area contributed by atoms with Gasteiger partial charge in [-0.05, 0) is 54.8 Å². The Balaban J connectivity index is 2.09. The van der Waals surface area contributed by atoms with Crippen LogP contribution in [0.1, 0.15) is 16.7 Å². The molecule has 0 bridgehead atoms. The van der Waals surface area contributed by atoms with Gasteiger partial charge in [0.2, 0.25) is 0 Å². The van der Waals surface area contributed by atoms with Crippen molar-refractivity contribution in [1.82, 2.24) is 4.98 Å². The average Bonchev–Trinajstić information content (AvgIpc) is 2.37. The van der Waals surface area contributed by atoms with Gasteiger partial charge in [-0.1, -0.05) is 0 Å². The maximum atomic E-state index is 11.5. The zero-order valence-corrected chi connectivity index (χ0v) is 13.4. The largest absolute Gasteiger partial charge is 0.493 e. The molecule has 0 spiro atoms. The van der Waals surface area contributed by atoms with Crippen LogP contribution in [-0.4, -0.2) is 20.0 Å². The minimum atomic E-state index is -3.73. The van der Waals surface area contributed by atoms with Crippen LogP contribution in [0.4, 0.5) is 0 Å². The molecule has 2 aromatic rings. The van der Waals surface area contributed by atoms with Crippen molar-refractivity contribution >= 4 is 19.7 Å². The topological polar surface area (TPSA) is 56.3 Å². The molecule has 2 rings (SSSR count). The predicted molar refractivity (Wildman–Crippen MR) is 82.4 cm³/mol. The van der Waals surface area contributed by atoms with E-state index in [1.165, 1.54) is 0 Å². The molecule has 1 aromatic heterocycles. The predicted octanol–water partition coefficient (Wildman–Crippen LogP) is 3.25. The van der Waals surface area contributed by atoms with Gasteiger partial charge in [0.05, 0.1) is 11.5 Å². The fourth-order valence-corrected chi connectivity index (χ4v) is 3.83. The van der Waals surface area contributed by atoms with Crippen LogP contribution >= 0.6 is 10.7 Å². The molecule has 6 heteroatoms. The van der Waals surface area contributed by atoms with Crippen LogP contribution in [0, 0.1) is 13.8 Å². The number of ether oxygens (including phenoxy) is 1. The first-order valence-electron chi connectivity index (χ1n) is 6.45. The highest BCUT2D eigenvalue weighted by atomic mass is 35.7. The standard InChI is InChI=1S/C15H16ClNO3S/c1-11-9-14(10-12(2)15(11)21(16,18)19)20-8-5-13-3-6-17-7-4-13/h3-4,6-7,9-10H,5,8H2,1-2H3. The van der Waals surface area contributed by atoms with E-state index in [4.69, 9.17) is 15.4 Å². The molecule has 0 saturated carbocycles. The van der Waals surface area contributed by atoms with Crippen LogP contribution in [0.2, 0.25) is 0 Å². The van der Waals surface area contributed by atoms with E-state index in [-0.39, 0.29) is 4.90 Å². The Morgan fingerprint density at radius 3 is 2.24 bits per heavy atom. The molecule has 0 amide bonds. The van der Waals surface area contributed by atoms with Crippen LogP contribution in [-0.2, 0) is 15.5 Å². The van der Waals surface area contributed by atoms with E-state index in [0.29, 0.717) is 23.5 Å². The SMILES string of the molecule is Cc1cc(OCCc2ccncc2)cc(C)c1S(=O)(=O)Cl. The maximum Gasteiger partial charge on any atom is 0.261 e. The van der Waals surface area contributed by atoms with Crippen molar-refractivity contribution in [2.45, 2.75) is 25.2 Å². The van der Waals surface area contributed by atoms with E-state index in [1.54, 1.807) is 38.4 Å². The molecule has 21 heavy (non-hydrogen) atoms. The first kappa shape index (κ1) is 15.8. The third-order valence-corrected chi connectivity index (χ3v) is 4.68. The summed E-state index contributed by atoms with van der Waals surface area (Å²) in [6.07, 6.45) is 4.24. The Bertz CT molecular complexity index is 707. The van der Waals surface area contributed by atoms with Crippen LogP contribution in [0.15, 0.2) is 41.6 Å². The Kier molecular flexibility index (Phi) is 4.85. The average molecular weight is 326 g/mol. The lowest BCUT2D eigenvalue weighted by atomic mass is 10.1. The van der Waals surface area contributed by atoms with E-state index in [9.17, 15) is 8.42 Å². The van der Waals surface area contributed by atoms with Gasteiger partial charge in [0.1, 0.15) is 5.75 Å². The Morgan fingerprint density at radius 2 is 1.71 bits per heavy atom. The number of benzene rings is 1. The maximum absolute atomic E-state index is 11.5. The lowest BCUT2D eigenvalue weighted by Crippen LogP contribution is -2.04. The fraction of sp³-hybridized carbons (Fsp3) is 0.267. The van der Waals surface area contributed by atoms with E-state index in [2.05, 4.69) is 4.98 Å². The van der Waals surface area contributed by atoms with Gasteiger partial charge in [-0.25, -0.2) is 8.42 Å². The monoisotopic (exact) mass is 325 g/mol. The van der Waals surface area contributed by atoms with Gasteiger partial charge in [-0.2, -0.15) is 0 Å². The number of nitrogens with zero attached hydrogens (tertiary/aromatic N) is 1. The van der Waals surface area contributed by atoms with Crippen molar-refractivity contribution < 1.29 is 13.2 Å². The normalized spacial score (nSPS) is 11.4. The molecule has 0 fully saturated rings. The quantitative estimate of drug-likeness (QED) is 0.792. The molecule has 112 valence electrons. The van der Waals surface area contributed by atoms with E-state index >= 15 is 0 Å². The molecule has 0 saturated heterocycles. The van der Waals surface area contributed by atoms with Gasteiger partial charge in [-0.15, -0.1) is 0 Å². The molecular weight excluding hydrogens is 310 g/mol. The van der Waals surface area contributed by atoms with E-state index in [0.717, 1.165) is 12.0 Å². The highest BCUT2D eigenvalue weighted by molar-refractivity contribution is 8.13. The second kappa shape index (κ2) is 6.45. The summed E-state index contributed by atoms with van der Waals surface area (Å²) >= 11 is 0. The minimum Gasteiger partial charge on any atom is -0.493 e. The van der Waals surface area contributed by atoms with Gasteiger partial charge >= 0.3 is 0 Å². The van der Waals surface area contributed by atoms with Crippen LogP contribution in [0.25, 0.3) is 0 Å². The van der Waals surface area contributed by atoms with Crippen molar-refractivity contribution in [3.8, 4) is 5.75 Å². The third kappa shape index (κ3) is 4.19. The number of aromatic nitrogens is 1. The lowest BCUT2D eigenvalue weighted by Gasteiger charge is -2.11. The van der Waals surface area contributed by atoms with Crippen LogP contribution in [0.3, 0.4) is 0 Å². The molecule has 4 nitrogen and oxygen atoms in total. The summed E-state index contributed by atoms with van der Waals surface area (Å²) < 4.78 is 28.7. The third-order valence-electron chi connectivity index (χ3n) is 3.09. The van der Waals surface area contributed by atoms with Gasteiger partial charge in [0.15, 0.2) is 0 Å². The molecule has 0 aliphatic rings. The summed E-state index contributed by atoms with van der Waals surface area (Å²) in [6.45, 7) is 3.92. The van der Waals surface area contributed by atoms with E-state index in [1.807, 2.05) is 12.1 Å². The summed E-state index contributed by atoms with van der Waals surface area (Å²) in [5, 5.41) is 0. The highest BCUT2D eigenvalue weighted by Gasteiger charge is 2.17. The van der Waals surface area contributed by atoms with Gasteiger partial charge in [0, 0.05) is 29.5 Å². The van der Waals surface area contributed by atoms with Crippen molar-refractivity contribution in [2.24, 2.45) is 0 Å². The number of hydrogen-bond acceptors (Lipinski definition) is 4. The Hall–Kier alpha value is -1.59. The van der Waals surface area contributed by atoms with Crippen LogP contribution in [0.5, 0.6) is 5.75 Å². The zero-order chi connectivity index (χ0) is 15.5. The second-order valence-corrected chi connectivity index (χ2v) is 7.28. The van der Waals surface area contributed by atoms with Crippen molar-refractivity contribution in [3.63, 3.8) is 0 Å². The molecule has 0 N–H and O–H groups in total. The van der Waals surface area contributed by atoms with E-state index < -0.39 is 9.05 Å². The minimum absolute atomic E-state index is 0.158. The summed E-state index contributed by atoms with van der Waals surface area (Å²) in [6, 6.07) is 7.25. The van der Waals surface area contributed by atoms with Crippen molar-refractivity contribution in [2.75, 3.05) is 6.61 Å². The van der Waals surface area contributed by atoms with Crippen molar-refractivity contribution in [1.29, 1.82) is 0 Å². The van der Waals surface area contributed by atoms with Gasteiger partial charge in [0.25, 0.3) is 9.05 Å². The number of hydrogen-bond donors (Lipinski definition) is 0. The first-order chi connectivity index (χ1) is 9.88. The van der Waals surface area contributed by atoms with Gasteiger partial charge < -0.3 is 4.74 Å². The highest BCUT2D eigenvalue weighted by Crippen LogP contribution is 2.28. The van der Waals surface area contributed by atoms with Crippen molar-refractivity contribution in [3.05, 3.63) is 53.3 Å². The molecule has 0 atom stereocenters. The molecule has 0 aliphatic carbocycles. The van der Waals surface area contributed by atoms with Crippen LogP contribution < -0.4 is 4.74 Å². The second-order valence-electron chi connectivity index (χ2n) is 4.78. The van der Waals surface area contributed by atoms with Gasteiger partial charge in [-0.3, -0.25) is 4.98 Å².